The third-order valence-corrected chi connectivity index (χ3v) is 2.05. The maximum Gasteiger partial charge on any atom is 0.211 e. The van der Waals surface area contributed by atoms with Crippen molar-refractivity contribution in [3.05, 3.63) is 36.0 Å². The summed E-state index contributed by atoms with van der Waals surface area (Å²) in [6, 6.07) is 10.8. The Morgan fingerprint density at radius 1 is 1.33 bits per heavy atom. The molecular formula is C11H7N3O. The number of benzene rings is 1. The van der Waals surface area contributed by atoms with E-state index in [1.807, 2.05) is 18.2 Å². The standard InChI is InChI=1S/C11H7N3O/c12-6-9-5-4-8-2-1-3-10(13-7-15)11(8)14-9/h1-5,7H,(H,13,15). The summed E-state index contributed by atoms with van der Waals surface area (Å²) in [4.78, 5) is 14.5. The number of amides is 1. The largest absolute Gasteiger partial charge is 0.327 e. The minimum absolute atomic E-state index is 0.336. The molecule has 0 spiro atoms. The second-order valence-corrected chi connectivity index (χ2v) is 2.95. The number of hydrogen-bond acceptors (Lipinski definition) is 3. The molecule has 4 nitrogen and oxygen atoms in total. The number of pyridine rings is 1. The molecule has 2 aromatic rings. The van der Waals surface area contributed by atoms with Crippen molar-refractivity contribution in [2.45, 2.75) is 0 Å². The molecule has 0 atom stereocenters. The van der Waals surface area contributed by atoms with Crippen LogP contribution >= 0.6 is 0 Å². The molecule has 4 heteroatoms. The van der Waals surface area contributed by atoms with Crippen molar-refractivity contribution in [1.29, 1.82) is 5.26 Å². The number of hydrogen-bond donors (Lipinski definition) is 1. The molecule has 0 aliphatic heterocycles. The fourth-order valence-corrected chi connectivity index (χ4v) is 1.39. The zero-order chi connectivity index (χ0) is 10.7. The summed E-state index contributed by atoms with van der Waals surface area (Å²) in [6.45, 7) is 0. The number of carbonyl (C=O) groups excluding carboxylic acids is 1. The summed E-state index contributed by atoms with van der Waals surface area (Å²) in [6.07, 6.45) is 0.593. The first-order chi connectivity index (χ1) is 7.35. The number of aromatic nitrogens is 1. The fraction of sp³-hybridized carbons (Fsp3) is 0. The normalized spacial score (nSPS) is 9.53. The number of fused-ring (bicyclic) bond motifs is 1. The van der Waals surface area contributed by atoms with Crippen molar-refractivity contribution in [2.24, 2.45) is 0 Å². The topological polar surface area (TPSA) is 65.8 Å². The van der Waals surface area contributed by atoms with Gasteiger partial charge in [0.05, 0.1) is 11.2 Å². The Labute approximate surface area is 86.2 Å². The van der Waals surface area contributed by atoms with Crippen LogP contribution in [0.25, 0.3) is 10.9 Å². The Kier molecular flexibility index (Phi) is 2.30. The first kappa shape index (κ1) is 9.16. The van der Waals surface area contributed by atoms with Crippen LogP contribution in [-0.2, 0) is 4.79 Å². The molecule has 0 aliphatic rings. The Morgan fingerprint density at radius 2 is 2.20 bits per heavy atom. The molecule has 1 aromatic heterocycles. The maximum atomic E-state index is 10.4. The van der Waals surface area contributed by atoms with Gasteiger partial charge in [0, 0.05) is 5.39 Å². The van der Waals surface area contributed by atoms with Crippen LogP contribution in [0.4, 0.5) is 5.69 Å². The van der Waals surface area contributed by atoms with Gasteiger partial charge in [-0.3, -0.25) is 4.79 Å². The summed E-state index contributed by atoms with van der Waals surface area (Å²) in [7, 11) is 0. The second-order valence-electron chi connectivity index (χ2n) is 2.95. The molecule has 0 fully saturated rings. The lowest BCUT2D eigenvalue weighted by atomic mass is 10.2. The monoisotopic (exact) mass is 197 g/mol. The Balaban J connectivity index is 2.71. The number of nitriles is 1. The molecule has 0 saturated carbocycles. The van der Waals surface area contributed by atoms with Gasteiger partial charge in [-0.25, -0.2) is 4.98 Å². The molecule has 2 rings (SSSR count). The summed E-state index contributed by atoms with van der Waals surface area (Å²) in [5.74, 6) is 0. The van der Waals surface area contributed by atoms with E-state index in [4.69, 9.17) is 5.26 Å². The second kappa shape index (κ2) is 3.76. The van der Waals surface area contributed by atoms with Crippen molar-refractivity contribution in [3.63, 3.8) is 0 Å². The highest BCUT2D eigenvalue weighted by Crippen LogP contribution is 2.20. The highest BCUT2D eigenvalue weighted by molar-refractivity contribution is 5.94. The fourth-order valence-electron chi connectivity index (χ4n) is 1.39. The summed E-state index contributed by atoms with van der Waals surface area (Å²) < 4.78 is 0. The number of rotatable bonds is 2. The summed E-state index contributed by atoms with van der Waals surface area (Å²) >= 11 is 0. The van der Waals surface area contributed by atoms with Gasteiger partial charge in [0.25, 0.3) is 0 Å². The number of carbonyl (C=O) groups is 1. The molecule has 1 aromatic carbocycles. The van der Waals surface area contributed by atoms with E-state index in [9.17, 15) is 4.79 Å². The molecule has 72 valence electrons. The smallest absolute Gasteiger partial charge is 0.211 e. The zero-order valence-electron chi connectivity index (χ0n) is 7.77. The Bertz CT molecular complexity index is 557. The quantitative estimate of drug-likeness (QED) is 0.745. The van der Waals surface area contributed by atoms with Gasteiger partial charge in [0.1, 0.15) is 11.8 Å². The molecule has 0 radical (unpaired) electrons. The van der Waals surface area contributed by atoms with E-state index in [-0.39, 0.29) is 0 Å². The number of para-hydroxylation sites is 1. The van der Waals surface area contributed by atoms with Crippen LogP contribution in [0.3, 0.4) is 0 Å². The maximum absolute atomic E-state index is 10.4. The lowest BCUT2D eigenvalue weighted by molar-refractivity contribution is -0.105. The predicted octanol–water partition coefficient (Wildman–Crippen LogP) is 1.67. The van der Waals surface area contributed by atoms with Crippen LogP contribution < -0.4 is 5.32 Å². The van der Waals surface area contributed by atoms with Crippen molar-refractivity contribution < 1.29 is 4.79 Å². The zero-order valence-corrected chi connectivity index (χ0v) is 7.77. The molecule has 0 bridgehead atoms. The molecule has 0 unspecified atom stereocenters. The highest BCUT2D eigenvalue weighted by Gasteiger charge is 2.02. The molecule has 15 heavy (non-hydrogen) atoms. The van der Waals surface area contributed by atoms with Crippen molar-refractivity contribution in [1.82, 2.24) is 4.98 Å². The SMILES string of the molecule is N#Cc1ccc2cccc(NC=O)c2n1. The summed E-state index contributed by atoms with van der Waals surface area (Å²) in [5, 5.41) is 12.2. The van der Waals surface area contributed by atoms with Gasteiger partial charge in [-0.05, 0) is 18.2 Å². The number of nitrogens with zero attached hydrogens (tertiary/aromatic N) is 2. The van der Waals surface area contributed by atoms with Crippen LogP contribution in [-0.4, -0.2) is 11.4 Å². The first-order valence-corrected chi connectivity index (χ1v) is 4.35. The van der Waals surface area contributed by atoms with Gasteiger partial charge < -0.3 is 5.32 Å². The minimum Gasteiger partial charge on any atom is -0.327 e. The van der Waals surface area contributed by atoms with Gasteiger partial charge >= 0.3 is 0 Å². The molecule has 1 N–H and O–H groups in total. The van der Waals surface area contributed by atoms with E-state index in [0.29, 0.717) is 23.3 Å². The van der Waals surface area contributed by atoms with Crippen LogP contribution in [0.1, 0.15) is 5.69 Å². The summed E-state index contributed by atoms with van der Waals surface area (Å²) in [5.41, 5.74) is 1.57. The van der Waals surface area contributed by atoms with Gasteiger partial charge in [0.15, 0.2) is 0 Å². The number of anilines is 1. The first-order valence-electron chi connectivity index (χ1n) is 4.35. The van der Waals surface area contributed by atoms with Gasteiger partial charge in [0.2, 0.25) is 6.41 Å². The van der Waals surface area contributed by atoms with Gasteiger partial charge in [-0.2, -0.15) is 5.26 Å². The van der Waals surface area contributed by atoms with Crippen LogP contribution in [0, 0.1) is 11.3 Å². The molecule has 1 amide bonds. The van der Waals surface area contributed by atoms with E-state index in [2.05, 4.69) is 10.3 Å². The highest BCUT2D eigenvalue weighted by atomic mass is 16.1. The molecule has 0 aliphatic carbocycles. The van der Waals surface area contributed by atoms with Crippen molar-refractivity contribution >= 4 is 23.0 Å². The van der Waals surface area contributed by atoms with E-state index in [1.54, 1.807) is 18.2 Å². The lowest BCUT2D eigenvalue weighted by Crippen LogP contribution is -1.96. The molecule has 0 saturated heterocycles. The third-order valence-electron chi connectivity index (χ3n) is 2.05. The van der Waals surface area contributed by atoms with Gasteiger partial charge in [-0.15, -0.1) is 0 Å². The molecular weight excluding hydrogens is 190 g/mol. The third kappa shape index (κ3) is 1.63. The Hall–Kier alpha value is -2.41. The number of nitrogens with one attached hydrogen (secondary N) is 1. The lowest BCUT2D eigenvalue weighted by Gasteiger charge is -2.03. The van der Waals surface area contributed by atoms with Crippen molar-refractivity contribution in [3.8, 4) is 6.07 Å². The Morgan fingerprint density at radius 3 is 2.93 bits per heavy atom. The average molecular weight is 197 g/mol. The molecule has 1 heterocycles. The average Bonchev–Trinajstić information content (AvgIpc) is 2.29. The van der Waals surface area contributed by atoms with Crippen LogP contribution in [0.2, 0.25) is 0 Å². The predicted molar refractivity (Wildman–Crippen MR) is 56.1 cm³/mol. The minimum atomic E-state index is 0.336. The van der Waals surface area contributed by atoms with Crippen molar-refractivity contribution in [2.75, 3.05) is 5.32 Å². The van der Waals surface area contributed by atoms with E-state index >= 15 is 0 Å². The van der Waals surface area contributed by atoms with Gasteiger partial charge in [-0.1, -0.05) is 12.1 Å². The van der Waals surface area contributed by atoms with Crippen LogP contribution in [0.5, 0.6) is 0 Å². The van der Waals surface area contributed by atoms with E-state index in [1.165, 1.54) is 0 Å². The van der Waals surface area contributed by atoms with Crippen LogP contribution in [0.15, 0.2) is 30.3 Å². The van der Waals surface area contributed by atoms with E-state index < -0.39 is 0 Å². The van der Waals surface area contributed by atoms with E-state index in [0.717, 1.165) is 5.39 Å².